The third kappa shape index (κ3) is 2.55. The zero-order chi connectivity index (χ0) is 11.5. The smallest absolute Gasteiger partial charge is 0.223 e. The fourth-order valence-corrected chi connectivity index (χ4v) is 2.84. The molecule has 1 amide bonds. The summed E-state index contributed by atoms with van der Waals surface area (Å²) in [4.78, 5) is 15.9. The van der Waals surface area contributed by atoms with Crippen molar-refractivity contribution in [3.63, 3.8) is 0 Å². The van der Waals surface area contributed by atoms with E-state index in [-0.39, 0.29) is 18.4 Å². The minimum absolute atomic E-state index is 0.144. The fourth-order valence-electron chi connectivity index (χ4n) is 2.84. The van der Waals surface area contributed by atoms with Gasteiger partial charge in [0.15, 0.2) is 0 Å². The standard InChI is InChI=1S/C12H22N2O2/c1-13-5-2-3-11(13)4-6-14-8-10(9-15)7-12(14)16/h10-11,15H,2-9H2,1H3. The molecule has 0 aromatic rings. The molecule has 0 aliphatic carbocycles. The van der Waals surface area contributed by atoms with E-state index >= 15 is 0 Å². The molecule has 2 unspecified atom stereocenters. The second kappa shape index (κ2) is 5.15. The molecule has 1 N–H and O–H groups in total. The molecule has 4 nitrogen and oxygen atoms in total. The SMILES string of the molecule is CN1CCCC1CCN1CC(CO)CC1=O. The minimum atomic E-state index is 0.144. The number of aliphatic hydroxyl groups excluding tert-OH is 1. The number of hydrogen-bond donors (Lipinski definition) is 1. The highest BCUT2D eigenvalue weighted by atomic mass is 16.3. The first-order chi connectivity index (χ1) is 7.70. The maximum atomic E-state index is 11.6. The van der Waals surface area contributed by atoms with Crippen LogP contribution in [-0.2, 0) is 4.79 Å². The van der Waals surface area contributed by atoms with Crippen molar-refractivity contribution < 1.29 is 9.90 Å². The highest BCUT2D eigenvalue weighted by Gasteiger charge is 2.30. The van der Waals surface area contributed by atoms with Crippen molar-refractivity contribution in [3.8, 4) is 0 Å². The van der Waals surface area contributed by atoms with Gasteiger partial charge in [0.05, 0.1) is 0 Å². The predicted octanol–water partition coefficient (Wildman–Crippen LogP) is 0.311. The van der Waals surface area contributed by atoms with Gasteiger partial charge in [0, 0.05) is 38.1 Å². The van der Waals surface area contributed by atoms with Crippen LogP contribution in [0.5, 0.6) is 0 Å². The van der Waals surface area contributed by atoms with Crippen molar-refractivity contribution in [1.82, 2.24) is 9.80 Å². The quantitative estimate of drug-likeness (QED) is 0.750. The highest BCUT2D eigenvalue weighted by Crippen LogP contribution is 2.21. The maximum Gasteiger partial charge on any atom is 0.223 e. The minimum Gasteiger partial charge on any atom is -0.396 e. The average Bonchev–Trinajstić information content (AvgIpc) is 2.82. The molecule has 0 bridgehead atoms. The van der Waals surface area contributed by atoms with Crippen LogP contribution in [0.4, 0.5) is 0 Å². The largest absolute Gasteiger partial charge is 0.396 e. The molecule has 2 saturated heterocycles. The molecule has 2 atom stereocenters. The van der Waals surface area contributed by atoms with Crippen molar-refractivity contribution in [3.05, 3.63) is 0 Å². The lowest BCUT2D eigenvalue weighted by Gasteiger charge is -2.23. The van der Waals surface area contributed by atoms with Gasteiger partial charge >= 0.3 is 0 Å². The van der Waals surface area contributed by atoms with E-state index in [1.54, 1.807) is 0 Å². The Labute approximate surface area is 97.2 Å². The maximum absolute atomic E-state index is 11.6. The van der Waals surface area contributed by atoms with Crippen molar-refractivity contribution in [2.45, 2.75) is 31.7 Å². The monoisotopic (exact) mass is 226 g/mol. The van der Waals surface area contributed by atoms with Gasteiger partial charge in [-0.2, -0.15) is 0 Å². The third-order valence-electron chi connectivity index (χ3n) is 3.96. The van der Waals surface area contributed by atoms with Crippen LogP contribution in [0, 0.1) is 5.92 Å². The summed E-state index contributed by atoms with van der Waals surface area (Å²) in [5, 5.41) is 9.04. The summed E-state index contributed by atoms with van der Waals surface area (Å²) < 4.78 is 0. The van der Waals surface area contributed by atoms with Crippen LogP contribution in [0.25, 0.3) is 0 Å². The van der Waals surface area contributed by atoms with Gasteiger partial charge in [0.1, 0.15) is 0 Å². The fraction of sp³-hybridized carbons (Fsp3) is 0.917. The number of likely N-dealkylation sites (tertiary alicyclic amines) is 2. The van der Waals surface area contributed by atoms with E-state index in [0.717, 1.165) is 19.5 Å². The van der Waals surface area contributed by atoms with E-state index in [4.69, 9.17) is 5.11 Å². The number of hydrogen-bond acceptors (Lipinski definition) is 3. The average molecular weight is 226 g/mol. The van der Waals surface area contributed by atoms with E-state index in [1.807, 2.05) is 4.90 Å². The van der Waals surface area contributed by atoms with Crippen LogP contribution in [-0.4, -0.2) is 60.1 Å². The molecular weight excluding hydrogens is 204 g/mol. The van der Waals surface area contributed by atoms with E-state index in [0.29, 0.717) is 12.5 Å². The molecule has 2 fully saturated rings. The van der Waals surface area contributed by atoms with E-state index in [9.17, 15) is 4.79 Å². The molecule has 0 radical (unpaired) electrons. The molecule has 2 aliphatic rings. The summed E-state index contributed by atoms with van der Waals surface area (Å²) in [6, 6.07) is 0.654. The molecule has 16 heavy (non-hydrogen) atoms. The first-order valence-electron chi connectivity index (χ1n) is 6.29. The van der Waals surface area contributed by atoms with Gasteiger partial charge in [-0.1, -0.05) is 0 Å². The Balaban J connectivity index is 1.75. The second-order valence-corrected chi connectivity index (χ2v) is 5.16. The molecule has 2 heterocycles. The van der Waals surface area contributed by atoms with Gasteiger partial charge < -0.3 is 14.9 Å². The first kappa shape index (κ1) is 11.9. The van der Waals surface area contributed by atoms with Crippen molar-refractivity contribution >= 4 is 5.91 Å². The summed E-state index contributed by atoms with van der Waals surface area (Å²) >= 11 is 0. The lowest BCUT2D eigenvalue weighted by atomic mass is 10.1. The number of carbonyl (C=O) groups is 1. The summed E-state index contributed by atoms with van der Waals surface area (Å²) in [6.07, 6.45) is 4.17. The van der Waals surface area contributed by atoms with Gasteiger partial charge in [-0.25, -0.2) is 0 Å². The topological polar surface area (TPSA) is 43.8 Å². The van der Waals surface area contributed by atoms with Crippen molar-refractivity contribution in [1.29, 1.82) is 0 Å². The number of amides is 1. The third-order valence-corrected chi connectivity index (χ3v) is 3.96. The van der Waals surface area contributed by atoms with Crippen molar-refractivity contribution in [2.24, 2.45) is 5.92 Å². The van der Waals surface area contributed by atoms with E-state index in [2.05, 4.69) is 11.9 Å². The molecule has 2 aliphatic heterocycles. The Kier molecular flexibility index (Phi) is 3.82. The van der Waals surface area contributed by atoms with Crippen LogP contribution in [0.3, 0.4) is 0 Å². The van der Waals surface area contributed by atoms with Gasteiger partial charge in [-0.15, -0.1) is 0 Å². The van der Waals surface area contributed by atoms with Gasteiger partial charge in [-0.05, 0) is 32.9 Å². The highest BCUT2D eigenvalue weighted by molar-refractivity contribution is 5.78. The van der Waals surface area contributed by atoms with Crippen molar-refractivity contribution in [2.75, 3.05) is 33.3 Å². The van der Waals surface area contributed by atoms with Gasteiger partial charge in [-0.3, -0.25) is 4.79 Å². The number of nitrogens with zero attached hydrogens (tertiary/aromatic N) is 2. The summed E-state index contributed by atoms with van der Waals surface area (Å²) in [7, 11) is 2.17. The van der Waals surface area contributed by atoms with E-state index < -0.39 is 0 Å². The predicted molar refractivity (Wildman–Crippen MR) is 62.0 cm³/mol. The Morgan fingerprint density at radius 1 is 1.50 bits per heavy atom. The van der Waals surface area contributed by atoms with Crippen LogP contribution in [0.15, 0.2) is 0 Å². The second-order valence-electron chi connectivity index (χ2n) is 5.16. The molecule has 0 saturated carbocycles. The van der Waals surface area contributed by atoms with E-state index in [1.165, 1.54) is 19.4 Å². The Bertz CT molecular complexity index is 257. The van der Waals surface area contributed by atoms with Gasteiger partial charge in [0.25, 0.3) is 0 Å². The number of carbonyl (C=O) groups excluding carboxylic acids is 1. The molecular formula is C12H22N2O2. The Morgan fingerprint density at radius 2 is 2.31 bits per heavy atom. The summed E-state index contributed by atoms with van der Waals surface area (Å²) in [6.45, 7) is 2.96. The zero-order valence-electron chi connectivity index (χ0n) is 10.1. The molecule has 0 spiro atoms. The summed E-state index contributed by atoms with van der Waals surface area (Å²) in [5.74, 6) is 0.397. The molecule has 92 valence electrons. The molecule has 4 heteroatoms. The number of aliphatic hydroxyl groups is 1. The lowest BCUT2D eigenvalue weighted by molar-refractivity contribution is -0.127. The zero-order valence-corrected chi connectivity index (χ0v) is 10.1. The van der Waals surface area contributed by atoms with Crippen LogP contribution < -0.4 is 0 Å². The first-order valence-corrected chi connectivity index (χ1v) is 6.29. The Morgan fingerprint density at radius 3 is 2.88 bits per heavy atom. The van der Waals surface area contributed by atoms with Crippen LogP contribution in [0.1, 0.15) is 25.7 Å². The molecule has 0 aromatic carbocycles. The normalized spacial score (nSPS) is 31.6. The molecule has 0 aromatic heterocycles. The number of rotatable bonds is 4. The van der Waals surface area contributed by atoms with Gasteiger partial charge in [0.2, 0.25) is 5.91 Å². The Hall–Kier alpha value is -0.610. The van der Waals surface area contributed by atoms with Crippen LogP contribution >= 0.6 is 0 Å². The lowest BCUT2D eigenvalue weighted by Crippen LogP contribution is -2.33. The van der Waals surface area contributed by atoms with Crippen LogP contribution in [0.2, 0.25) is 0 Å². The molecule has 2 rings (SSSR count). The summed E-state index contributed by atoms with van der Waals surface area (Å²) in [5.41, 5.74) is 0.